The number of carboxylic acid groups (broad SMARTS) is 1. The smallest absolute Gasteiger partial charge is 0.323 e. The molecule has 1 aliphatic heterocycles. The summed E-state index contributed by atoms with van der Waals surface area (Å²) in [6, 6.07) is 5.92. The molecule has 1 amide bonds. The van der Waals surface area contributed by atoms with E-state index in [1.165, 1.54) is 12.1 Å². The number of rotatable bonds is 8. The summed E-state index contributed by atoms with van der Waals surface area (Å²) in [6.45, 7) is 1.04. The predicted molar refractivity (Wildman–Crippen MR) is 101 cm³/mol. The monoisotopic (exact) mass is 362 g/mol. The van der Waals surface area contributed by atoms with Gasteiger partial charge in [0.25, 0.3) is 0 Å². The maximum Gasteiger partial charge on any atom is 0.323 e. The van der Waals surface area contributed by atoms with Crippen LogP contribution in [0.5, 0.6) is 0 Å². The molecule has 1 aromatic rings. The number of nitrogens with two attached hydrogens (primary N) is 1. The number of aliphatic carboxylic acids is 1. The van der Waals surface area contributed by atoms with Crippen molar-refractivity contribution in [3.8, 4) is 0 Å². The quantitative estimate of drug-likeness (QED) is 0.544. The van der Waals surface area contributed by atoms with E-state index in [0.29, 0.717) is 32.4 Å². The number of carboxylic acids is 1. The van der Waals surface area contributed by atoms with Gasteiger partial charge in [0.15, 0.2) is 0 Å². The van der Waals surface area contributed by atoms with E-state index in [0.717, 1.165) is 24.7 Å². The largest absolute Gasteiger partial charge is 0.480 e. The minimum absolute atomic E-state index is 0.0148. The van der Waals surface area contributed by atoms with Crippen molar-refractivity contribution in [1.29, 1.82) is 0 Å². The van der Waals surface area contributed by atoms with Gasteiger partial charge in [-0.05, 0) is 42.9 Å². The fourth-order valence-electron chi connectivity index (χ4n) is 3.69. The Morgan fingerprint density at radius 2 is 1.85 bits per heavy atom. The number of carbonyl (C=O) groups excluding carboxylic acids is 1. The van der Waals surface area contributed by atoms with Crippen LogP contribution in [0.1, 0.15) is 37.7 Å². The number of hydrogen-bond acceptors (Lipinski definition) is 3. The van der Waals surface area contributed by atoms with Crippen molar-refractivity contribution < 1.29 is 19.1 Å². The lowest BCUT2D eigenvalue weighted by molar-refractivity contribution is -0.147. The molecule has 1 aromatic carbocycles. The van der Waals surface area contributed by atoms with Gasteiger partial charge in [0, 0.05) is 13.1 Å². The molecule has 1 heterocycles. The van der Waals surface area contributed by atoms with Crippen molar-refractivity contribution in [1.82, 2.24) is 4.90 Å². The third-order valence-corrected chi connectivity index (χ3v) is 5.44. The fraction of sp³-hybridized carbons (Fsp3) is 0.579. The first kappa shape index (κ1) is 20.4. The van der Waals surface area contributed by atoms with Crippen molar-refractivity contribution >= 4 is 19.7 Å². The number of nitrogens with zero attached hydrogens (tertiary/aromatic N) is 1. The van der Waals surface area contributed by atoms with Crippen molar-refractivity contribution in [2.45, 2.75) is 50.4 Å². The highest BCUT2D eigenvalue weighted by atomic mass is 19.1. The molecule has 0 bridgehead atoms. The van der Waals surface area contributed by atoms with E-state index in [9.17, 15) is 19.1 Å². The molecule has 3 N–H and O–H groups in total. The average Bonchev–Trinajstić information content (AvgIpc) is 2.63. The minimum Gasteiger partial charge on any atom is -0.480 e. The zero-order chi connectivity index (χ0) is 19.2. The fourth-order valence-corrected chi connectivity index (χ4v) is 3.69. The standard InChI is InChI=1S/C19H28BFN2O3/c20-10-2-1-9-19(22,18(25)26)15-7-11-23(12-8-15)17(24)13-14-3-5-16(21)6-4-14/h3-6,15H,1-2,7-13,20,22H2,(H,25,26). The van der Waals surface area contributed by atoms with Crippen LogP contribution in [-0.4, -0.2) is 48.4 Å². The summed E-state index contributed by atoms with van der Waals surface area (Å²) in [4.78, 5) is 26.0. The van der Waals surface area contributed by atoms with E-state index in [4.69, 9.17) is 5.73 Å². The zero-order valence-corrected chi connectivity index (χ0v) is 15.4. The van der Waals surface area contributed by atoms with Crippen LogP contribution in [0.25, 0.3) is 0 Å². The molecule has 1 atom stereocenters. The van der Waals surface area contributed by atoms with Gasteiger partial charge in [-0.2, -0.15) is 0 Å². The number of amides is 1. The summed E-state index contributed by atoms with van der Waals surface area (Å²) >= 11 is 0. The maximum absolute atomic E-state index is 13.0. The first-order chi connectivity index (χ1) is 12.4. The summed E-state index contributed by atoms with van der Waals surface area (Å²) in [5, 5.41) is 9.64. The molecular weight excluding hydrogens is 334 g/mol. The van der Waals surface area contributed by atoms with Gasteiger partial charge < -0.3 is 15.7 Å². The van der Waals surface area contributed by atoms with Gasteiger partial charge in [0.1, 0.15) is 19.2 Å². The lowest BCUT2D eigenvalue weighted by atomic mass is 9.75. The number of unbranched alkanes of at least 4 members (excludes halogenated alkanes) is 1. The summed E-state index contributed by atoms with van der Waals surface area (Å²) in [5.41, 5.74) is 5.84. The number of hydrogen-bond donors (Lipinski definition) is 2. The molecule has 0 saturated carbocycles. The Balaban J connectivity index is 1.91. The molecule has 142 valence electrons. The summed E-state index contributed by atoms with van der Waals surface area (Å²) in [6.07, 6.45) is 4.71. The van der Waals surface area contributed by atoms with Crippen molar-refractivity contribution in [3.63, 3.8) is 0 Å². The molecule has 26 heavy (non-hydrogen) atoms. The Morgan fingerprint density at radius 3 is 2.38 bits per heavy atom. The van der Waals surface area contributed by atoms with Gasteiger partial charge in [-0.15, -0.1) is 0 Å². The molecule has 1 saturated heterocycles. The first-order valence-corrected chi connectivity index (χ1v) is 9.41. The Labute approximate surface area is 155 Å². The number of piperidine rings is 1. The molecule has 1 unspecified atom stereocenters. The molecule has 0 spiro atoms. The van der Waals surface area contributed by atoms with Crippen molar-refractivity contribution in [3.05, 3.63) is 35.6 Å². The molecule has 0 aromatic heterocycles. The van der Waals surface area contributed by atoms with E-state index < -0.39 is 11.5 Å². The second-order valence-corrected chi connectivity index (χ2v) is 7.26. The van der Waals surface area contributed by atoms with Crippen LogP contribution in [0.3, 0.4) is 0 Å². The minimum atomic E-state index is -1.21. The Bertz CT molecular complexity index is 618. The van der Waals surface area contributed by atoms with E-state index >= 15 is 0 Å². The molecule has 1 aliphatic rings. The number of likely N-dealkylation sites (tertiary alicyclic amines) is 1. The Morgan fingerprint density at radius 1 is 1.23 bits per heavy atom. The molecule has 7 heteroatoms. The number of halogens is 1. The predicted octanol–water partition coefficient (Wildman–Crippen LogP) is 1.61. The average molecular weight is 362 g/mol. The highest BCUT2D eigenvalue weighted by Crippen LogP contribution is 2.31. The van der Waals surface area contributed by atoms with E-state index in [2.05, 4.69) is 7.85 Å². The number of benzene rings is 1. The van der Waals surface area contributed by atoms with E-state index in [1.54, 1.807) is 17.0 Å². The van der Waals surface area contributed by atoms with Gasteiger partial charge in [-0.1, -0.05) is 31.3 Å². The summed E-state index contributed by atoms with van der Waals surface area (Å²) < 4.78 is 13.0. The zero-order valence-electron chi connectivity index (χ0n) is 15.4. The second kappa shape index (κ2) is 9.17. The Kier molecular flexibility index (Phi) is 7.20. The molecular formula is C19H28BFN2O3. The van der Waals surface area contributed by atoms with Gasteiger partial charge in [-0.3, -0.25) is 9.59 Å². The van der Waals surface area contributed by atoms with Crippen molar-refractivity contribution in [2.75, 3.05) is 13.1 Å². The van der Waals surface area contributed by atoms with Crippen LogP contribution >= 0.6 is 0 Å². The lowest BCUT2D eigenvalue weighted by Crippen LogP contribution is -2.57. The lowest BCUT2D eigenvalue weighted by Gasteiger charge is -2.40. The number of carbonyl (C=O) groups is 2. The molecule has 1 fully saturated rings. The third-order valence-electron chi connectivity index (χ3n) is 5.44. The van der Waals surface area contributed by atoms with Gasteiger partial charge in [0.05, 0.1) is 6.42 Å². The Hall–Kier alpha value is -1.89. The topological polar surface area (TPSA) is 83.6 Å². The van der Waals surface area contributed by atoms with Crippen LogP contribution in [-0.2, 0) is 16.0 Å². The van der Waals surface area contributed by atoms with Crippen LogP contribution in [0.15, 0.2) is 24.3 Å². The molecule has 0 aliphatic carbocycles. The van der Waals surface area contributed by atoms with Gasteiger partial charge in [-0.25, -0.2) is 4.39 Å². The van der Waals surface area contributed by atoms with E-state index in [1.807, 2.05) is 0 Å². The van der Waals surface area contributed by atoms with E-state index in [-0.39, 0.29) is 24.1 Å². The SMILES string of the molecule is BCCCCC(N)(C(=O)O)C1CCN(C(=O)Cc2ccc(F)cc2)CC1. The molecule has 2 rings (SSSR count). The summed E-state index contributed by atoms with van der Waals surface area (Å²) in [7, 11) is 2.07. The summed E-state index contributed by atoms with van der Waals surface area (Å²) in [5.74, 6) is -1.39. The van der Waals surface area contributed by atoms with Crippen molar-refractivity contribution in [2.24, 2.45) is 11.7 Å². The van der Waals surface area contributed by atoms with Crippen LogP contribution in [0.4, 0.5) is 4.39 Å². The molecule has 0 radical (unpaired) electrons. The maximum atomic E-state index is 13.0. The van der Waals surface area contributed by atoms with Gasteiger partial charge in [0.2, 0.25) is 5.91 Å². The highest BCUT2D eigenvalue weighted by Gasteiger charge is 2.43. The first-order valence-electron chi connectivity index (χ1n) is 9.41. The van der Waals surface area contributed by atoms with Crippen LogP contribution in [0, 0.1) is 11.7 Å². The molecule has 5 nitrogen and oxygen atoms in total. The second-order valence-electron chi connectivity index (χ2n) is 7.26. The van der Waals surface area contributed by atoms with Gasteiger partial charge >= 0.3 is 5.97 Å². The van der Waals surface area contributed by atoms with Crippen LogP contribution in [0.2, 0.25) is 6.32 Å². The highest BCUT2D eigenvalue weighted by molar-refractivity contribution is 6.08. The third kappa shape index (κ3) is 5.07. The van der Waals surface area contributed by atoms with Crippen LogP contribution < -0.4 is 5.73 Å². The normalized spacial score (nSPS) is 17.7.